The second-order valence-electron chi connectivity index (χ2n) is 9.11. The number of imide groups is 1. The molecule has 0 radical (unpaired) electrons. The fraction of sp³-hybridized carbons (Fsp3) is 0.500. The van der Waals surface area contributed by atoms with Gasteiger partial charge in [0.05, 0.1) is 24.6 Å². The molecule has 1 fully saturated rings. The predicted octanol–water partition coefficient (Wildman–Crippen LogP) is 5.69. The molecule has 1 saturated heterocycles. The smallest absolute Gasteiger partial charge is 0.337 e. The van der Waals surface area contributed by atoms with Gasteiger partial charge >= 0.3 is 12.0 Å². The summed E-state index contributed by atoms with van der Waals surface area (Å²) in [5.74, 6) is 0.317. The van der Waals surface area contributed by atoms with Gasteiger partial charge in [0.25, 0.3) is 5.91 Å². The Bertz CT molecular complexity index is 1090. The molecule has 3 rings (SSSR count). The normalized spacial score (nSPS) is 14.4. The van der Waals surface area contributed by atoms with Crippen LogP contribution in [0.5, 0.6) is 0 Å². The molecule has 2 heterocycles. The van der Waals surface area contributed by atoms with E-state index in [4.69, 9.17) is 4.74 Å². The van der Waals surface area contributed by atoms with Crippen molar-refractivity contribution in [3.8, 4) is 0 Å². The van der Waals surface area contributed by atoms with Gasteiger partial charge in [-0.1, -0.05) is 52.2 Å². The van der Waals surface area contributed by atoms with E-state index >= 15 is 0 Å². The van der Waals surface area contributed by atoms with Crippen LogP contribution in [0.15, 0.2) is 36.2 Å². The molecule has 37 heavy (non-hydrogen) atoms. The van der Waals surface area contributed by atoms with E-state index in [1.807, 2.05) is 25.1 Å². The molecule has 0 spiro atoms. The number of aryl methyl sites for hydroxylation is 1. The molecular weight excluding hydrogens is 492 g/mol. The van der Waals surface area contributed by atoms with Crippen molar-refractivity contribution in [2.24, 2.45) is 0 Å². The van der Waals surface area contributed by atoms with Gasteiger partial charge < -0.3 is 9.30 Å². The van der Waals surface area contributed by atoms with Gasteiger partial charge in [-0.3, -0.25) is 14.6 Å². The van der Waals surface area contributed by atoms with Crippen LogP contribution in [0, 0.1) is 0 Å². The topological polar surface area (TPSA) is 84.7 Å². The molecule has 0 N–H and O–H groups in total. The van der Waals surface area contributed by atoms with E-state index in [2.05, 4.69) is 23.4 Å². The molecule has 3 amide bonds. The zero-order valence-corrected chi connectivity index (χ0v) is 23.2. The maximum absolute atomic E-state index is 13.3. The highest BCUT2D eigenvalue weighted by Crippen LogP contribution is 2.26. The van der Waals surface area contributed by atoms with E-state index in [1.54, 1.807) is 23.2 Å². The van der Waals surface area contributed by atoms with Crippen LogP contribution in [0.1, 0.15) is 86.7 Å². The molecule has 0 bridgehead atoms. The van der Waals surface area contributed by atoms with Crippen molar-refractivity contribution in [3.63, 3.8) is 0 Å². The second-order valence-corrected chi connectivity index (χ2v) is 9.11. The minimum atomic E-state index is -0.373. The zero-order chi connectivity index (χ0) is 26.1. The first-order valence-electron chi connectivity index (χ1n) is 13.0. The third kappa shape index (κ3) is 7.22. The standard InChI is InChI=1S/C28H38N4O4.ClH/c1-5-8-11-25-29-19-23(32(25)20-21-12-14-22(15-13-21)27(34)36-4)18-24-26(33)31(17-10-7-3)28(35)30(24)16-9-6-2;/h12-15,18-19H,5-11,16-17,20H2,1-4H3;1H. The Balaban J connectivity index is 0.00000481. The summed E-state index contributed by atoms with van der Waals surface area (Å²) in [6.45, 7) is 7.74. The maximum atomic E-state index is 13.3. The van der Waals surface area contributed by atoms with Crippen LogP contribution in [0.4, 0.5) is 4.79 Å². The Hall–Kier alpha value is -3.13. The van der Waals surface area contributed by atoms with E-state index in [1.165, 1.54) is 12.0 Å². The first kappa shape index (κ1) is 30.1. The summed E-state index contributed by atoms with van der Waals surface area (Å²) in [6, 6.07) is 7.07. The number of carbonyl (C=O) groups is 3. The number of urea groups is 1. The number of rotatable bonds is 13. The van der Waals surface area contributed by atoms with Crippen molar-refractivity contribution in [3.05, 3.63) is 58.8 Å². The van der Waals surface area contributed by atoms with Crippen LogP contribution < -0.4 is 0 Å². The van der Waals surface area contributed by atoms with Gasteiger partial charge in [-0.2, -0.15) is 0 Å². The fourth-order valence-corrected chi connectivity index (χ4v) is 4.22. The summed E-state index contributed by atoms with van der Waals surface area (Å²) in [6.07, 6.45) is 9.90. The van der Waals surface area contributed by atoms with Crippen molar-refractivity contribution in [2.75, 3.05) is 20.2 Å². The van der Waals surface area contributed by atoms with Crippen LogP contribution in [-0.2, 0) is 22.5 Å². The van der Waals surface area contributed by atoms with Crippen LogP contribution in [-0.4, -0.2) is 57.5 Å². The third-order valence-corrected chi connectivity index (χ3v) is 6.41. The van der Waals surface area contributed by atoms with Crippen LogP contribution >= 0.6 is 12.4 Å². The molecule has 0 saturated carbocycles. The SMILES string of the molecule is CCCCc1ncc(C=C2C(=O)N(CCCC)C(=O)N2CCCC)n1Cc1ccc(C(=O)OC)cc1.Cl. The molecule has 202 valence electrons. The zero-order valence-electron chi connectivity index (χ0n) is 22.4. The molecule has 1 aliphatic heterocycles. The van der Waals surface area contributed by atoms with Crippen molar-refractivity contribution in [1.29, 1.82) is 0 Å². The second kappa shape index (κ2) is 14.6. The van der Waals surface area contributed by atoms with E-state index in [0.717, 1.165) is 62.0 Å². The summed E-state index contributed by atoms with van der Waals surface area (Å²) in [7, 11) is 1.36. The monoisotopic (exact) mass is 530 g/mol. The highest BCUT2D eigenvalue weighted by atomic mass is 35.5. The number of aromatic nitrogens is 2. The van der Waals surface area contributed by atoms with Crippen LogP contribution in [0.3, 0.4) is 0 Å². The summed E-state index contributed by atoms with van der Waals surface area (Å²) >= 11 is 0. The molecule has 0 unspecified atom stereocenters. The molecule has 8 nitrogen and oxygen atoms in total. The van der Waals surface area contributed by atoms with Gasteiger partial charge in [-0.05, 0) is 43.0 Å². The minimum Gasteiger partial charge on any atom is -0.465 e. The van der Waals surface area contributed by atoms with Crippen LogP contribution in [0.2, 0.25) is 0 Å². The number of carbonyl (C=O) groups excluding carboxylic acids is 3. The Labute approximate surface area is 226 Å². The maximum Gasteiger partial charge on any atom is 0.337 e. The summed E-state index contributed by atoms with van der Waals surface area (Å²) in [5.41, 5.74) is 2.69. The Morgan fingerprint density at radius 3 is 2.16 bits per heavy atom. The number of hydrogen-bond acceptors (Lipinski definition) is 5. The molecule has 1 aromatic heterocycles. The number of ether oxygens (including phenoxy) is 1. The number of nitrogens with zero attached hydrogens (tertiary/aromatic N) is 4. The number of halogens is 1. The highest BCUT2D eigenvalue weighted by molar-refractivity contribution is 6.13. The van der Waals surface area contributed by atoms with Gasteiger partial charge in [0.15, 0.2) is 0 Å². The minimum absolute atomic E-state index is 0. The van der Waals surface area contributed by atoms with Crippen molar-refractivity contribution >= 4 is 36.4 Å². The number of hydrogen-bond donors (Lipinski definition) is 0. The molecule has 2 aromatic rings. The van der Waals surface area contributed by atoms with Gasteiger partial charge in [-0.25, -0.2) is 14.6 Å². The van der Waals surface area contributed by atoms with Crippen molar-refractivity contribution in [1.82, 2.24) is 19.4 Å². The highest BCUT2D eigenvalue weighted by Gasteiger charge is 2.40. The Morgan fingerprint density at radius 2 is 1.57 bits per heavy atom. The first-order valence-corrected chi connectivity index (χ1v) is 13.0. The van der Waals surface area contributed by atoms with E-state index in [0.29, 0.717) is 30.9 Å². The third-order valence-electron chi connectivity index (χ3n) is 6.41. The molecule has 9 heteroatoms. The number of methoxy groups -OCH3 is 1. The Morgan fingerprint density at radius 1 is 0.946 bits per heavy atom. The van der Waals surface area contributed by atoms with Gasteiger partial charge in [-0.15, -0.1) is 12.4 Å². The van der Waals surface area contributed by atoms with Crippen LogP contribution in [0.25, 0.3) is 6.08 Å². The number of esters is 1. The lowest BCUT2D eigenvalue weighted by Crippen LogP contribution is -2.34. The molecule has 1 aliphatic rings. The summed E-state index contributed by atoms with van der Waals surface area (Å²) < 4.78 is 6.90. The average molecular weight is 531 g/mol. The summed E-state index contributed by atoms with van der Waals surface area (Å²) in [4.78, 5) is 45.9. The lowest BCUT2D eigenvalue weighted by atomic mass is 10.1. The Kier molecular flexibility index (Phi) is 11.9. The molecule has 0 atom stereocenters. The number of imidazole rings is 1. The lowest BCUT2D eigenvalue weighted by molar-refractivity contribution is -0.123. The van der Waals surface area contributed by atoms with Gasteiger partial charge in [0.2, 0.25) is 0 Å². The van der Waals surface area contributed by atoms with Gasteiger partial charge in [0, 0.05) is 26.1 Å². The summed E-state index contributed by atoms with van der Waals surface area (Å²) in [5, 5.41) is 0. The predicted molar refractivity (Wildman–Crippen MR) is 147 cm³/mol. The largest absolute Gasteiger partial charge is 0.465 e. The first-order chi connectivity index (χ1) is 17.4. The van der Waals surface area contributed by atoms with E-state index in [-0.39, 0.29) is 30.3 Å². The average Bonchev–Trinajstić information content (AvgIpc) is 3.37. The molecular formula is C28H39ClN4O4. The fourth-order valence-electron chi connectivity index (χ4n) is 4.22. The lowest BCUT2D eigenvalue weighted by Gasteiger charge is -2.17. The van der Waals surface area contributed by atoms with Gasteiger partial charge in [0.1, 0.15) is 11.5 Å². The van der Waals surface area contributed by atoms with Crippen molar-refractivity contribution in [2.45, 2.75) is 72.3 Å². The molecule has 1 aromatic carbocycles. The quantitative estimate of drug-likeness (QED) is 0.189. The number of benzene rings is 1. The van der Waals surface area contributed by atoms with E-state index < -0.39 is 0 Å². The van der Waals surface area contributed by atoms with E-state index in [9.17, 15) is 14.4 Å². The number of unbranched alkanes of at least 4 members (excludes halogenated alkanes) is 3. The van der Waals surface area contributed by atoms with Crippen molar-refractivity contribution < 1.29 is 19.1 Å². The number of amides is 3. The molecule has 0 aliphatic carbocycles.